The maximum Gasteiger partial charge on any atom is 0.321 e. The number of carbonyl (C=O) groups excluding carboxylic acids is 1. The lowest BCUT2D eigenvalue weighted by Crippen LogP contribution is -2.44. The van der Waals surface area contributed by atoms with E-state index in [1.165, 1.54) is 25.7 Å². The Balaban J connectivity index is 1.71. The van der Waals surface area contributed by atoms with Crippen molar-refractivity contribution in [2.24, 2.45) is 0 Å². The minimum Gasteiger partial charge on any atom is -0.391 e. The fraction of sp³-hybridized carbons (Fsp3) is 0.611. The van der Waals surface area contributed by atoms with Gasteiger partial charge in [-0.1, -0.05) is 25.0 Å². The number of nitrogens with one attached hydrogen (secondary N) is 1. The molecule has 3 rings (SSSR count). The first kappa shape index (κ1) is 16.1. The van der Waals surface area contributed by atoms with E-state index < -0.39 is 6.10 Å². The van der Waals surface area contributed by atoms with Crippen molar-refractivity contribution < 1.29 is 9.90 Å². The van der Waals surface area contributed by atoms with Gasteiger partial charge >= 0.3 is 6.03 Å². The fourth-order valence-electron chi connectivity index (χ4n) is 3.71. The lowest BCUT2D eigenvalue weighted by atomic mass is 10.1. The maximum atomic E-state index is 12.5. The number of carbonyl (C=O) groups is 1. The largest absolute Gasteiger partial charge is 0.391 e. The van der Waals surface area contributed by atoms with Crippen LogP contribution in [-0.2, 0) is 0 Å². The second-order valence-electron chi connectivity index (χ2n) is 6.74. The standard InChI is InChI=1S/C18H27N3O2/c1-20(14-7-2-3-8-14)17-11-5-4-10-16(17)19-18(23)21-12-6-9-15(22)13-21/h4-5,10-11,14-15,22H,2-3,6-9,12-13H2,1H3,(H,19,23). The molecule has 0 radical (unpaired) electrons. The number of hydrogen-bond donors (Lipinski definition) is 2. The Bertz CT molecular complexity index is 543. The lowest BCUT2D eigenvalue weighted by molar-refractivity contribution is 0.0883. The molecule has 0 aromatic heterocycles. The summed E-state index contributed by atoms with van der Waals surface area (Å²) in [4.78, 5) is 16.5. The summed E-state index contributed by atoms with van der Waals surface area (Å²) < 4.78 is 0. The second-order valence-corrected chi connectivity index (χ2v) is 6.74. The van der Waals surface area contributed by atoms with Crippen LogP contribution in [-0.4, -0.2) is 48.3 Å². The molecule has 1 saturated carbocycles. The molecule has 1 unspecified atom stereocenters. The van der Waals surface area contributed by atoms with Crippen LogP contribution in [0.3, 0.4) is 0 Å². The normalized spacial score (nSPS) is 22.2. The average molecular weight is 317 g/mol. The molecule has 1 aromatic rings. The van der Waals surface area contributed by atoms with E-state index in [1.54, 1.807) is 4.90 Å². The van der Waals surface area contributed by atoms with Gasteiger partial charge in [-0.2, -0.15) is 0 Å². The number of urea groups is 1. The smallest absolute Gasteiger partial charge is 0.321 e. The van der Waals surface area contributed by atoms with Crippen molar-refractivity contribution in [1.29, 1.82) is 0 Å². The number of para-hydroxylation sites is 2. The van der Waals surface area contributed by atoms with Gasteiger partial charge in [0.05, 0.1) is 17.5 Å². The number of aliphatic hydroxyl groups excluding tert-OH is 1. The van der Waals surface area contributed by atoms with Gasteiger partial charge in [0.2, 0.25) is 0 Å². The highest BCUT2D eigenvalue weighted by atomic mass is 16.3. The van der Waals surface area contributed by atoms with Crippen molar-refractivity contribution in [2.45, 2.75) is 50.7 Å². The monoisotopic (exact) mass is 317 g/mol. The van der Waals surface area contributed by atoms with Gasteiger partial charge in [-0.3, -0.25) is 0 Å². The Hall–Kier alpha value is -1.75. The van der Waals surface area contributed by atoms with Gasteiger partial charge in [-0.25, -0.2) is 4.79 Å². The van der Waals surface area contributed by atoms with Gasteiger partial charge in [0, 0.05) is 26.2 Å². The highest BCUT2D eigenvalue weighted by molar-refractivity contribution is 5.93. The molecule has 1 saturated heterocycles. The molecule has 1 aliphatic heterocycles. The minimum atomic E-state index is -0.397. The average Bonchev–Trinajstić information content (AvgIpc) is 3.09. The zero-order chi connectivity index (χ0) is 16.2. The summed E-state index contributed by atoms with van der Waals surface area (Å²) in [5.74, 6) is 0. The van der Waals surface area contributed by atoms with Crippen LogP contribution in [0.25, 0.3) is 0 Å². The molecule has 1 aliphatic carbocycles. The molecule has 2 N–H and O–H groups in total. The molecule has 5 nitrogen and oxygen atoms in total. The van der Waals surface area contributed by atoms with E-state index in [1.807, 2.05) is 18.2 Å². The van der Waals surface area contributed by atoms with Crippen LogP contribution in [0.5, 0.6) is 0 Å². The third-order valence-electron chi connectivity index (χ3n) is 5.08. The summed E-state index contributed by atoms with van der Waals surface area (Å²) in [6.45, 7) is 1.13. The van der Waals surface area contributed by atoms with Crippen molar-refractivity contribution in [3.8, 4) is 0 Å². The summed E-state index contributed by atoms with van der Waals surface area (Å²) in [5, 5.41) is 12.8. The Kier molecular flexibility index (Phi) is 5.06. The number of amides is 2. The number of anilines is 2. The van der Waals surface area contributed by atoms with Crippen LogP contribution in [0.4, 0.5) is 16.2 Å². The summed E-state index contributed by atoms with van der Waals surface area (Å²) in [6, 6.07) is 8.44. The van der Waals surface area contributed by atoms with E-state index in [0.717, 1.165) is 24.2 Å². The van der Waals surface area contributed by atoms with Crippen LogP contribution in [0.1, 0.15) is 38.5 Å². The third kappa shape index (κ3) is 3.78. The number of piperidine rings is 1. The highest BCUT2D eigenvalue weighted by Gasteiger charge is 2.24. The molecule has 1 atom stereocenters. The molecule has 2 fully saturated rings. The van der Waals surface area contributed by atoms with Crippen LogP contribution < -0.4 is 10.2 Å². The highest BCUT2D eigenvalue weighted by Crippen LogP contribution is 2.32. The van der Waals surface area contributed by atoms with Crippen LogP contribution in [0.15, 0.2) is 24.3 Å². The number of nitrogens with zero attached hydrogens (tertiary/aromatic N) is 2. The van der Waals surface area contributed by atoms with Crippen molar-refractivity contribution in [3.63, 3.8) is 0 Å². The summed E-state index contributed by atoms with van der Waals surface area (Å²) >= 11 is 0. The van der Waals surface area contributed by atoms with Crippen molar-refractivity contribution in [2.75, 3.05) is 30.4 Å². The fourth-order valence-corrected chi connectivity index (χ4v) is 3.71. The zero-order valence-electron chi connectivity index (χ0n) is 13.9. The van der Waals surface area contributed by atoms with E-state index in [2.05, 4.69) is 23.3 Å². The Morgan fingerprint density at radius 2 is 1.96 bits per heavy atom. The minimum absolute atomic E-state index is 0.115. The summed E-state index contributed by atoms with van der Waals surface area (Å²) in [7, 11) is 2.12. The topological polar surface area (TPSA) is 55.8 Å². The predicted octanol–water partition coefficient (Wildman–Crippen LogP) is 3.05. The quantitative estimate of drug-likeness (QED) is 0.901. The first-order chi connectivity index (χ1) is 11.1. The van der Waals surface area contributed by atoms with E-state index in [-0.39, 0.29) is 6.03 Å². The molecule has 5 heteroatoms. The Labute approximate surface area is 138 Å². The van der Waals surface area contributed by atoms with E-state index in [4.69, 9.17) is 0 Å². The lowest BCUT2D eigenvalue weighted by Gasteiger charge is -2.32. The van der Waals surface area contributed by atoms with Gasteiger partial charge in [-0.15, -0.1) is 0 Å². The number of aliphatic hydroxyl groups is 1. The molecule has 0 spiro atoms. The SMILES string of the molecule is CN(c1ccccc1NC(=O)N1CCCC(O)C1)C1CCCC1. The zero-order valence-corrected chi connectivity index (χ0v) is 13.9. The van der Waals surface area contributed by atoms with Crippen molar-refractivity contribution >= 4 is 17.4 Å². The molecule has 126 valence electrons. The Morgan fingerprint density at radius 1 is 1.22 bits per heavy atom. The predicted molar refractivity (Wildman–Crippen MR) is 92.9 cm³/mol. The van der Waals surface area contributed by atoms with Crippen molar-refractivity contribution in [1.82, 2.24) is 4.90 Å². The van der Waals surface area contributed by atoms with Crippen LogP contribution >= 0.6 is 0 Å². The van der Waals surface area contributed by atoms with Gasteiger partial charge in [-0.05, 0) is 37.8 Å². The summed E-state index contributed by atoms with van der Waals surface area (Å²) in [5.41, 5.74) is 1.93. The van der Waals surface area contributed by atoms with Gasteiger partial charge < -0.3 is 20.2 Å². The number of β-amino-alcohol motifs (C(OH)–C–C–N with tert-alkyl or cyclic N) is 1. The number of benzene rings is 1. The second kappa shape index (κ2) is 7.21. The first-order valence-electron chi connectivity index (χ1n) is 8.71. The first-order valence-corrected chi connectivity index (χ1v) is 8.71. The molecule has 2 amide bonds. The van der Waals surface area contributed by atoms with Crippen molar-refractivity contribution in [3.05, 3.63) is 24.3 Å². The number of hydrogen-bond acceptors (Lipinski definition) is 3. The van der Waals surface area contributed by atoms with Gasteiger partial charge in [0.1, 0.15) is 0 Å². The van der Waals surface area contributed by atoms with Crippen LogP contribution in [0.2, 0.25) is 0 Å². The third-order valence-corrected chi connectivity index (χ3v) is 5.08. The van der Waals surface area contributed by atoms with Gasteiger partial charge in [0.15, 0.2) is 0 Å². The summed E-state index contributed by atoms with van der Waals surface area (Å²) in [6.07, 6.45) is 6.26. The maximum absolute atomic E-state index is 12.5. The number of likely N-dealkylation sites (tertiary alicyclic amines) is 1. The molecular weight excluding hydrogens is 290 g/mol. The van der Waals surface area contributed by atoms with E-state index >= 15 is 0 Å². The molecule has 23 heavy (non-hydrogen) atoms. The number of rotatable bonds is 3. The Morgan fingerprint density at radius 3 is 2.70 bits per heavy atom. The van der Waals surface area contributed by atoms with Crippen LogP contribution in [0, 0.1) is 0 Å². The molecule has 0 bridgehead atoms. The molecule has 1 aromatic carbocycles. The van der Waals surface area contributed by atoms with Gasteiger partial charge in [0.25, 0.3) is 0 Å². The van der Waals surface area contributed by atoms with E-state index in [0.29, 0.717) is 19.1 Å². The molecular formula is C18H27N3O2. The van der Waals surface area contributed by atoms with E-state index in [9.17, 15) is 9.90 Å². The molecule has 2 aliphatic rings. The molecule has 1 heterocycles.